The highest BCUT2D eigenvalue weighted by atomic mass is 32.1. The van der Waals surface area contributed by atoms with E-state index in [1.54, 1.807) is 7.11 Å². The van der Waals surface area contributed by atoms with E-state index in [2.05, 4.69) is 10.4 Å². The SMILES string of the molecule is COc1cccc(-c2nc(-n3nc(C(=O)NCCN(C)C)c4cc(C(F)(F)F)ccc43)sc2C(C)C)c1. The first-order chi connectivity index (χ1) is 17.5. The molecule has 0 unspecified atom stereocenters. The summed E-state index contributed by atoms with van der Waals surface area (Å²) >= 11 is 1.39. The van der Waals surface area contributed by atoms with Crippen molar-refractivity contribution in [1.82, 2.24) is 25.0 Å². The molecule has 0 fully saturated rings. The van der Waals surface area contributed by atoms with Gasteiger partial charge in [-0.15, -0.1) is 0 Å². The van der Waals surface area contributed by atoms with E-state index in [9.17, 15) is 18.0 Å². The van der Waals surface area contributed by atoms with Crippen LogP contribution in [0.25, 0.3) is 27.3 Å². The van der Waals surface area contributed by atoms with Gasteiger partial charge < -0.3 is 15.0 Å². The van der Waals surface area contributed by atoms with Crippen molar-refractivity contribution >= 4 is 28.1 Å². The monoisotopic (exact) mass is 531 g/mol. The number of halogens is 3. The highest BCUT2D eigenvalue weighted by molar-refractivity contribution is 7.14. The summed E-state index contributed by atoms with van der Waals surface area (Å²) in [6.07, 6.45) is -4.56. The zero-order valence-corrected chi connectivity index (χ0v) is 22.0. The molecule has 1 N–H and O–H groups in total. The molecule has 196 valence electrons. The largest absolute Gasteiger partial charge is 0.497 e. The molecule has 1 amide bonds. The number of hydrogen-bond acceptors (Lipinski definition) is 6. The maximum absolute atomic E-state index is 13.5. The lowest BCUT2D eigenvalue weighted by Crippen LogP contribution is -2.31. The first kappa shape index (κ1) is 26.6. The molecule has 37 heavy (non-hydrogen) atoms. The Labute approximate surface area is 216 Å². The third-order valence-corrected chi connectivity index (χ3v) is 7.09. The Hall–Kier alpha value is -3.44. The molecule has 7 nitrogen and oxygen atoms in total. The molecule has 0 radical (unpaired) electrons. The fourth-order valence-electron chi connectivity index (χ4n) is 3.86. The number of likely N-dealkylation sites (N-methyl/N-ethyl adjacent to an activating group) is 1. The van der Waals surface area contributed by atoms with Crippen molar-refractivity contribution in [3.63, 3.8) is 0 Å². The number of benzene rings is 2. The summed E-state index contributed by atoms with van der Waals surface area (Å²) in [5, 5.41) is 7.79. The first-order valence-electron chi connectivity index (χ1n) is 11.7. The van der Waals surface area contributed by atoms with E-state index in [-0.39, 0.29) is 17.0 Å². The number of nitrogens with zero attached hydrogens (tertiary/aromatic N) is 4. The fourth-order valence-corrected chi connectivity index (χ4v) is 4.92. The predicted octanol–water partition coefficient (Wildman–Crippen LogP) is 5.59. The molecule has 0 aliphatic rings. The molecule has 0 atom stereocenters. The molecule has 0 spiro atoms. The van der Waals surface area contributed by atoms with E-state index in [0.717, 1.165) is 28.3 Å². The van der Waals surface area contributed by atoms with E-state index in [4.69, 9.17) is 9.72 Å². The average Bonchev–Trinajstić information content (AvgIpc) is 3.45. The van der Waals surface area contributed by atoms with Crippen molar-refractivity contribution in [3.05, 3.63) is 58.6 Å². The van der Waals surface area contributed by atoms with Crippen LogP contribution in [-0.4, -0.2) is 59.9 Å². The minimum atomic E-state index is -4.56. The molecule has 2 aromatic carbocycles. The number of nitrogens with one attached hydrogen (secondary N) is 1. The molecule has 4 rings (SSSR count). The summed E-state index contributed by atoms with van der Waals surface area (Å²) in [6.45, 7) is 4.99. The third-order valence-electron chi connectivity index (χ3n) is 5.76. The Balaban J connectivity index is 1.86. The molecule has 4 aromatic rings. The quantitative estimate of drug-likeness (QED) is 0.321. The van der Waals surface area contributed by atoms with Crippen LogP contribution < -0.4 is 10.1 Å². The summed E-state index contributed by atoms with van der Waals surface area (Å²) in [6, 6.07) is 10.8. The Bertz CT molecular complexity index is 1430. The predicted molar refractivity (Wildman–Crippen MR) is 139 cm³/mol. The number of carbonyl (C=O) groups excluding carboxylic acids is 1. The van der Waals surface area contributed by atoms with Gasteiger partial charge in [-0.05, 0) is 50.3 Å². The Kier molecular flexibility index (Phi) is 7.56. The van der Waals surface area contributed by atoms with Crippen molar-refractivity contribution < 1.29 is 22.7 Å². The lowest BCUT2D eigenvalue weighted by Gasteiger charge is -2.10. The molecular formula is C26H28F3N5O2S. The van der Waals surface area contributed by atoms with Crippen LogP contribution in [0.5, 0.6) is 5.75 Å². The number of hydrogen-bond donors (Lipinski definition) is 1. The van der Waals surface area contributed by atoms with Gasteiger partial charge in [-0.25, -0.2) is 9.67 Å². The number of methoxy groups -OCH3 is 1. The van der Waals surface area contributed by atoms with Gasteiger partial charge in [0, 0.05) is 28.9 Å². The number of fused-ring (bicyclic) bond motifs is 1. The fraction of sp³-hybridized carbons (Fsp3) is 0.346. The molecule has 2 heterocycles. The first-order valence-corrected chi connectivity index (χ1v) is 12.5. The average molecular weight is 532 g/mol. The molecule has 0 aliphatic heterocycles. The number of amides is 1. The summed E-state index contributed by atoms with van der Waals surface area (Å²) < 4.78 is 47.3. The minimum absolute atomic E-state index is 0.0796. The molecule has 0 saturated carbocycles. The second-order valence-corrected chi connectivity index (χ2v) is 10.2. The van der Waals surface area contributed by atoms with E-state index in [1.165, 1.54) is 22.1 Å². The van der Waals surface area contributed by atoms with Gasteiger partial charge in [-0.3, -0.25) is 4.79 Å². The van der Waals surface area contributed by atoms with Gasteiger partial charge in [-0.2, -0.15) is 18.3 Å². The lowest BCUT2D eigenvalue weighted by atomic mass is 10.1. The summed E-state index contributed by atoms with van der Waals surface area (Å²) in [4.78, 5) is 20.7. The molecule has 0 aliphatic carbocycles. The van der Waals surface area contributed by atoms with Gasteiger partial charge >= 0.3 is 6.18 Å². The van der Waals surface area contributed by atoms with Crippen LogP contribution in [0.4, 0.5) is 13.2 Å². The van der Waals surface area contributed by atoms with Crippen LogP contribution in [0.15, 0.2) is 42.5 Å². The summed E-state index contributed by atoms with van der Waals surface area (Å²) in [7, 11) is 5.31. The Morgan fingerprint density at radius 3 is 2.59 bits per heavy atom. The van der Waals surface area contributed by atoms with Gasteiger partial charge in [-0.1, -0.05) is 37.3 Å². The van der Waals surface area contributed by atoms with E-state index in [1.807, 2.05) is 57.1 Å². The molecule has 0 saturated heterocycles. The maximum atomic E-state index is 13.5. The number of thiazole rings is 1. The molecular weight excluding hydrogens is 503 g/mol. The van der Waals surface area contributed by atoms with Gasteiger partial charge in [0.05, 0.1) is 23.9 Å². The molecule has 11 heteroatoms. The van der Waals surface area contributed by atoms with Crippen molar-refractivity contribution in [2.24, 2.45) is 0 Å². The van der Waals surface area contributed by atoms with E-state index in [0.29, 0.717) is 29.5 Å². The summed E-state index contributed by atoms with van der Waals surface area (Å²) in [5.74, 6) is 0.265. The molecule has 2 aromatic heterocycles. The van der Waals surface area contributed by atoms with Crippen molar-refractivity contribution in [1.29, 1.82) is 0 Å². The lowest BCUT2D eigenvalue weighted by molar-refractivity contribution is -0.137. The third kappa shape index (κ3) is 5.62. The number of ether oxygens (including phenoxy) is 1. The summed E-state index contributed by atoms with van der Waals surface area (Å²) in [5.41, 5.74) is 1.03. The minimum Gasteiger partial charge on any atom is -0.497 e. The smallest absolute Gasteiger partial charge is 0.416 e. The zero-order valence-electron chi connectivity index (χ0n) is 21.2. The second kappa shape index (κ2) is 10.5. The van der Waals surface area contributed by atoms with Crippen molar-refractivity contribution in [3.8, 4) is 22.1 Å². The van der Waals surface area contributed by atoms with Crippen LogP contribution in [-0.2, 0) is 6.18 Å². The number of alkyl halides is 3. The Morgan fingerprint density at radius 2 is 1.95 bits per heavy atom. The van der Waals surface area contributed by atoms with Crippen LogP contribution in [0.2, 0.25) is 0 Å². The van der Waals surface area contributed by atoms with E-state index < -0.39 is 17.6 Å². The van der Waals surface area contributed by atoms with Crippen LogP contribution in [0, 0.1) is 0 Å². The second-order valence-electron chi connectivity index (χ2n) is 9.15. The number of carbonyl (C=O) groups is 1. The number of aromatic nitrogens is 3. The van der Waals surface area contributed by atoms with Gasteiger partial charge in [0.25, 0.3) is 5.91 Å². The molecule has 0 bridgehead atoms. The highest BCUT2D eigenvalue weighted by Crippen LogP contribution is 2.38. The zero-order chi connectivity index (χ0) is 26.9. The topological polar surface area (TPSA) is 72.3 Å². The maximum Gasteiger partial charge on any atom is 0.416 e. The van der Waals surface area contributed by atoms with Gasteiger partial charge in [0.15, 0.2) is 5.69 Å². The van der Waals surface area contributed by atoms with Crippen LogP contribution >= 0.6 is 11.3 Å². The normalized spacial score (nSPS) is 12.1. The van der Waals surface area contributed by atoms with Crippen molar-refractivity contribution in [2.75, 3.05) is 34.3 Å². The van der Waals surface area contributed by atoms with Crippen LogP contribution in [0.3, 0.4) is 0 Å². The van der Waals surface area contributed by atoms with Crippen LogP contribution in [0.1, 0.15) is 40.7 Å². The standard InChI is InChI=1S/C26H28F3N5O2S/c1-15(2)23-21(16-7-6-8-18(13-16)36-5)31-25(37-23)34-20-10-9-17(26(27,28)29)14-19(20)22(32-34)24(35)30-11-12-33(3)4/h6-10,13-15H,11-12H2,1-5H3,(H,30,35). The van der Waals surface area contributed by atoms with Crippen molar-refractivity contribution in [2.45, 2.75) is 25.9 Å². The van der Waals surface area contributed by atoms with E-state index >= 15 is 0 Å². The number of rotatable bonds is 8. The van der Waals surface area contributed by atoms with Gasteiger partial charge in [0.1, 0.15) is 5.75 Å². The Morgan fingerprint density at radius 1 is 1.19 bits per heavy atom. The highest BCUT2D eigenvalue weighted by Gasteiger charge is 2.32. The van der Waals surface area contributed by atoms with Gasteiger partial charge in [0.2, 0.25) is 5.13 Å².